The normalized spacial score (nSPS) is 11.8. The van der Waals surface area contributed by atoms with Gasteiger partial charge in [0.25, 0.3) is 8.32 Å². The van der Waals surface area contributed by atoms with Crippen LogP contribution in [0.3, 0.4) is 0 Å². The van der Waals surface area contributed by atoms with Crippen LogP contribution in [0.2, 0.25) is 18.1 Å². The summed E-state index contributed by atoms with van der Waals surface area (Å²) in [6, 6.07) is 9.54. The van der Waals surface area contributed by atoms with Crippen LogP contribution in [0.4, 0.5) is 4.79 Å². The number of hydrogen-bond donors (Lipinski definition) is 0. The lowest BCUT2D eigenvalue weighted by Gasteiger charge is -2.36. The van der Waals surface area contributed by atoms with Gasteiger partial charge >= 0.3 is 6.16 Å². The summed E-state index contributed by atoms with van der Waals surface area (Å²) in [5.74, 6) is 6.27. The number of ether oxygens (including phenoxy) is 2. The maximum absolute atomic E-state index is 11.5. The van der Waals surface area contributed by atoms with E-state index in [2.05, 4.69) is 52.3 Å². The van der Waals surface area contributed by atoms with Crippen LogP contribution in [-0.4, -0.2) is 21.1 Å². The first-order valence-electron chi connectivity index (χ1n) is 8.06. The molecule has 0 bridgehead atoms. The summed E-state index contributed by atoms with van der Waals surface area (Å²) >= 11 is 0. The van der Waals surface area contributed by atoms with Crippen molar-refractivity contribution in [1.29, 1.82) is 0 Å². The Kier molecular flexibility index (Phi) is 7.53. The second kappa shape index (κ2) is 9.14. The number of carbonyl (C=O) groups is 1. The molecule has 0 fully saturated rings. The summed E-state index contributed by atoms with van der Waals surface area (Å²) in [7, 11) is -2.12. The lowest BCUT2D eigenvalue weighted by atomic mass is 10.2. The lowest BCUT2D eigenvalue weighted by Crippen LogP contribution is -2.40. The standard InChI is InChI=1S/C20H26O4Si/c1-7-15-22-19(21)23-16-18(24-25(5,6)20(2,3)4)14-13-17-11-9-8-10-12-17/h7-12,16H,1,15H2,2-6H3/b18-16-. The first-order chi connectivity index (χ1) is 11.7. The van der Waals surface area contributed by atoms with Gasteiger partial charge in [0.05, 0.1) is 0 Å². The maximum Gasteiger partial charge on any atom is 0.513 e. The second-order valence-corrected chi connectivity index (χ2v) is 11.7. The van der Waals surface area contributed by atoms with E-state index in [0.29, 0.717) is 5.76 Å². The summed E-state index contributed by atoms with van der Waals surface area (Å²) in [5, 5.41) is -0.0101. The van der Waals surface area contributed by atoms with E-state index >= 15 is 0 Å². The topological polar surface area (TPSA) is 44.8 Å². The molecule has 0 atom stereocenters. The van der Waals surface area contributed by atoms with Crippen molar-refractivity contribution in [2.75, 3.05) is 6.61 Å². The highest BCUT2D eigenvalue weighted by Gasteiger charge is 2.39. The van der Waals surface area contributed by atoms with Crippen molar-refractivity contribution >= 4 is 14.5 Å². The molecule has 0 N–H and O–H groups in total. The third-order valence-electron chi connectivity index (χ3n) is 3.86. The Labute approximate surface area is 151 Å². The number of allylic oxidation sites excluding steroid dienone is 1. The van der Waals surface area contributed by atoms with E-state index in [4.69, 9.17) is 13.9 Å². The SMILES string of the molecule is C=CCOC(=O)O/C=C(/C#Cc1ccccc1)O[Si](C)(C)C(C)(C)C. The Morgan fingerprint density at radius 3 is 2.44 bits per heavy atom. The van der Waals surface area contributed by atoms with Gasteiger partial charge in [-0.1, -0.05) is 57.5 Å². The highest BCUT2D eigenvalue weighted by atomic mass is 28.4. The maximum atomic E-state index is 11.5. The van der Waals surface area contributed by atoms with Gasteiger partial charge in [0.15, 0.2) is 5.76 Å². The fourth-order valence-corrected chi connectivity index (χ4v) is 2.38. The van der Waals surface area contributed by atoms with Gasteiger partial charge in [0, 0.05) is 5.56 Å². The molecule has 0 spiro atoms. The van der Waals surface area contributed by atoms with Crippen molar-refractivity contribution in [3.05, 3.63) is 60.6 Å². The smallest absolute Gasteiger partial charge is 0.513 e. The van der Waals surface area contributed by atoms with Gasteiger partial charge in [-0.2, -0.15) is 0 Å². The van der Waals surface area contributed by atoms with E-state index in [1.165, 1.54) is 12.3 Å². The molecule has 0 heterocycles. The molecule has 25 heavy (non-hydrogen) atoms. The number of hydrogen-bond acceptors (Lipinski definition) is 4. The van der Waals surface area contributed by atoms with Crippen LogP contribution >= 0.6 is 0 Å². The molecule has 0 aliphatic heterocycles. The van der Waals surface area contributed by atoms with Gasteiger partial charge in [-0.05, 0) is 36.2 Å². The molecule has 0 aliphatic carbocycles. The van der Waals surface area contributed by atoms with Gasteiger partial charge in [-0.25, -0.2) is 4.79 Å². The minimum absolute atomic E-state index is 0.0101. The summed E-state index contributed by atoms with van der Waals surface area (Å²) in [4.78, 5) is 11.5. The Hall–Kier alpha value is -2.45. The van der Waals surface area contributed by atoms with Crippen molar-refractivity contribution in [2.24, 2.45) is 0 Å². The number of carbonyl (C=O) groups excluding carboxylic acids is 1. The van der Waals surface area contributed by atoms with Crippen molar-refractivity contribution in [1.82, 2.24) is 0 Å². The molecule has 1 rings (SSSR count). The average molecular weight is 359 g/mol. The summed E-state index contributed by atoms with van der Waals surface area (Å²) < 4.78 is 15.9. The molecule has 0 aromatic heterocycles. The van der Waals surface area contributed by atoms with E-state index < -0.39 is 14.5 Å². The van der Waals surface area contributed by atoms with E-state index in [-0.39, 0.29) is 11.6 Å². The van der Waals surface area contributed by atoms with Gasteiger partial charge in [-0.3, -0.25) is 0 Å². The molecule has 0 saturated carbocycles. The fourth-order valence-electron chi connectivity index (χ4n) is 1.42. The molecule has 5 heteroatoms. The molecule has 0 amide bonds. The Morgan fingerprint density at radius 1 is 1.24 bits per heavy atom. The number of rotatable bonds is 5. The quantitative estimate of drug-likeness (QED) is 0.237. The van der Waals surface area contributed by atoms with E-state index in [0.717, 1.165) is 5.56 Å². The van der Waals surface area contributed by atoms with Crippen molar-refractivity contribution in [2.45, 2.75) is 38.9 Å². The molecular weight excluding hydrogens is 332 g/mol. The molecule has 1 aromatic carbocycles. The predicted molar refractivity (Wildman–Crippen MR) is 102 cm³/mol. The van der Waals surface area contributed by atoms with Crippen molar-refractivity contribution in [3.63, 3.8) is 0 Å². The molecule has 0 radical (unpaired) electrons. The first-order valence-corrected chi connectivity index (χ1v) is 11.0. The summed E-state index contributed by atoms with van der Waals surface area (Å²) in [6.45, 7) is 14.1. The third-order valence-corrected chi connectivity index (χ3v) is 8.20. The Balaban J connectivity index is 3.00. The lowest BCUT2D eigenvalue weighted by molar-refractivity contribution is 0.0925. The van der Waals surface area contributed by atoms with Crippen LogP contribution in [0, 0.1) is 11.8 Å². The van der Waals surface area contributed by atoms with Gasteiger partial charge < -0.3 is 13.9 Å². The predicted octanol–water partition coefficient (Wildman–Crippen LogP) is 5.24. The molecule has 1 aromatic rings. The van der Waals surface area contributed by atoms with E-state index in [9.17, 15) is 4.79 Å². The zero-order chi connectivity index (χ0) is 18.9. The highest BCUT2D eigenvalue weighted by Crippen LogP contribution is 2.37. The average Bonchev–Trinajstić information content (AvgIpc) is 2.55. The molecule has 0 saturated heterocycles. The van der Waals surface area contributed by atoms with Crippen molar-refractivity contribution in [3.8, 4) is 11.8 Å². The van der Waals surface area contributed by atoms with Crippen LogP contribution < -0.4 is 0 Å². The largest absolute Gasteiger partial charge is 0.536 e. The molecular formula is C20H26O4Si. The van der Waals surface area contributed by atoms with Crippen LogP contribution in [-0.2, 0) is 13.9 Å². The van der Waals surface area contributed by atoms with Crippen LogP contribution in [0.25, 0.3) is 0 Å². The Morgan fingerprint density at radius 2 is 1.88 bits per heavy atom. The molecule has 134 valence electrons. The number of benzene rings is 1. The summed E-state index contributed by atoms with van der Waals surface area (Å²) in [5.41, 5.74) is 0.849. The fraction of sp³-hybridized carbons (Fsp3) is 0.350. The minimum atomic E-state index is -2.12. The van der Waals surface area contributed by atoms with Gasteiger partial charge in [0.2, 0.25) is 0 Å². The van der Waals surface area contributed by atoms with Gasteiger partial charge in [-0.15, -0.1) is 0 Å². The van der Waals surface area contributed by atoms with Crippen LogP contribution in [0.1, 0.15) is 26.3 Å². The van der Waals surface area contributed by atoms with Gasteiger partial charge in [0.1, 0.15) is 12.9 Å². The minimum Gasteiger partial charge on any atom is -0.536 e. The monoisotopic (exact) mass is 358 g/mol. The molecule has 0 aliphatic rings. The van der Waals surface area contributed by atoms with Crippen molar-refractivity contribution < 1.29 is 18.7 Å². The van der Waals surface area contributed by atoms with E-state index in [1.807, 2.05) is 30.3 Å². The van der Waals surface area contributed by atoms with Crippen LogP contribution in [0.15, 0.2) is 55.0 Å². The zero-order valence-corrected chi connectivity index (χ0v) is 16.6. The Bertz CT molecular complexity index is 673. The molecule has 0 unspecified atom stereocenters. The molecule has 4 nitrogen and oxygen atoms in total. The first kappa shape index (κ1) is 20.6. The summed E-state index contributed by atoms with van der Waals surface area (Å²) in [6.07, 6.45) is 1.85. The van der Waals surface area contributed by atoms with E-state index in [1.54, 1.807) is 0 Å². The highest BCUT2D eigenvalue weighted by molar-refractivity contribution is 6.74. The van der Waals surface area contributed by atoms with Crippen LogP contribution in [0.5, 0.6) is 0 Å². The zero-order valence-electron chi connectivity index (χ0n) is 15.6. The third kappa shape index (κ3) is 7.32. The second-order valence-electron chi connectivity index (χ2n) is 6.93.